The number of hydrogen-bond donors (Lipinski definition) is 0. The zero-order valence-corrected chi connectivity index (χ0v) is 11.8. The second-order valence-electron chi connectivity index (χ2n) is 4.28. The molecule has 1 aromatic carbocycles. The highest BCUT2D eigenvalue weighted by Crippen LogP contribution is 2.20. The van der Waals surface area contributed by atoms with Crippen molar-refractivity contribution in [1.82, 2.24) is 4.90 Å². The van der Waals surface area contributed by atoms with E-state index in [0.29, 0.717) is 13.1 Å². The second-order valence-corrected chi connectivity index (χ2v) is 4.28. The minimum Gasteiger partial charge on any atom is -0.339 e. The van der Waals surface area contributed by atoms with Crippen molar-refractivity contribution in [3.05, 3.63) is 39.7 Å². The van der Waals surface area contributed by atoms with Gasteiger partial charge in [0.2, 0.25) is 5.82 Å². The van der Waals surface area contributed by atoms with E-state index in [0.717, 1.165) is 31.4 Å². The zero-order valence-electron chi connectivity index (χ0n) is 11.8. The van der Waals surface area contributed by atoms with Crippen LogP contribution in [0.2, 0.25) is 0 Å². The molecule has 0 aliphatic carbocycles. The summed E-state index contributed by atoms with van der Waals surface area (Å²) in [6.07, 6.45) is 2.99. The van der Waals surface area contributed by atoms with Crippen molar-refractivity contribution in [3.8, 4) is 0 Å². The van der Waals surface area contributed by atoms with Gasteiger partial charge in [0, 0.05) is 24.7 Å². The first-order valence-corrected chi connectivity index (χ1v) is 6.83. The van der Waals surface area contributed by atoms with Crippen molar-refractivity contribution < 1.29 is 14.1 Å². The molecule has 6 heteroatoms. The molecular formula is C14H19FN2O3. The van der Waals surface area contributed by atoms with E-state index in [-0.39, 0.29) is 11.5 Å². The lowest BCUT2D eigenvalue weighted by Crippen LogP contribution is -2.35. The summed E-state index contributed by atoms with van der Waals surface area (Å²) in [5.41, 5.74) is -0.440. The number of likely N-dealkylation sites (tertiary alicyclic amines) is 1. The van der Waals surface area contributed by atoms with Crippen molar-refractivity contribution in [1.29, 1.82) is 0 Å². The number of nitrogens with zero attached hydrogens (tertiary/aromatic N) is 2. The van der Waals surface area contributed by atoms with E-state index >= 15 is 0 Å². The van der Waals surface area contributed by atoms with Crippen LogP contribution in [0.3, 0.4) is 0 Å². The average molecular weight is 282 g/mol. The smallest absolute Gasteiger partial charge is 0.304 e. The molecule has 0 bridgehead atoms. The van der Waals surface area contributed by atoms with Gasteiger partial charge in [-0.3, -0.25) is 14.9 Å². The van der Waals surface area contributed by atoms with Crippen LogP contribution in [0.25, 0.3) is 0 Å². The summed E-state index contributed by atoms with van der Waals surface area (Å²) < 4.78 is 13.4. The zero-order chi connectivity index (χ0) is 15.1. The Morgan fingerprint density at radius 3 is 2.35 bits per heavy atom. The number of benzene rings is 1. The molecule has 20 heavy (non-hydrogen) atoms. The Morgan fingerprint density at radius 1 is 1.25 bits per heavy atom. The Bertz CT molecular complexity index is 485. The molecule has 1 heterocycles. The van der Waals surface area contributed by atoms with Crippen molar-refractivity contribution in [3.63, 3.8) is 0 Å². The van der Waals surface area contributed by atoms with Crippen molar-refractivity contribution >= 4 is 11.6 Å². The molecule has 0 N–H and O–H groups in total. The summed E-state index contributed by atoms with van der Waals surface area (Å²) in [6.45, 7) is 5.33. The van der Waals surface area contributed by atoms with Crippen LogP contribution in [0.1, 0.15) is 43.5 Å². The van der Waals surface area contributed by atoms with Gasteiger partial charge in [0.1, 0.15) is 0 Å². The van der Waals surface area contributed by atoms with Crippen LogP contribution in [0, 0.1) is 15.9 Å². The molecule has 1 saturated heterocycles. The van der Waals surface area contributed by atoms with E-state index in [1.807, 2.05) is 13.8 Å². The van der Waals surface area contributed by atoms with Gasteiger partial charge in [0.05, 0.1) is 4.92 Å². The molecule has 1 aliphatic heterocycles. The summed E-state index contributed by atoms with van der Waals surface area (Å²) in [7, 11) is 0. The molecule has 0 aromatic heterocycles. The Balaban J connectivity index is 0.000000956. The maximum absolute atomic E-state index is 13.4. The third-order valence-electron chi connectivity index (χ3n) is 3.03. The molecule has 1 aliphatic rings. The number of nitro benzene ring substituents is 1. The van der Waals surface area contributed by atoms with E-state index in [2.05, 4.69) is 0 Å². The standard InChI is InChI=1S/C12H13FN2O3.C2H6/c13-10-8-9(4-5-11(10)15(17)18)12(16)14-6-2-1-3-7-14;1-2/h4-5,8H,1-3,6-7H2;1-2H3. The fourth-order valence-electron chi connectivity index (χ4n) is 2.07. The Hall–Kier alpha value is -1.98. The number of carbonyl (C=O) groups is 1. The minimum absolute atomic E-state index is 0.167. The molecule has 1 aromatic rings. The molecule has 1 fully saturated rings. The van der Waals surface area contributed by atoms with E-state index in [4.69, 9.17) is 0 Å². The van der Waals surface area contributed by atoms with Gasteiger partial charge in [-0.1, -0.05) is 13.8 Å². The van der Waals surface area contributed by atoms with Crippen LogP contribution in [0.4, 0.5) is 10.1 Å². The SMILES string of the molecule is CC.O=C(c1ccc([N+](=O)[O-])c(F)c1)N1CCCCC1. The van der Waals surface area contributed by atoms with Crippen LogP contribution in [-0.4, -0.2) is 28.8 Å². The van der Waals surface area contributed by atoms with Gasteiger partial charge in [-0.15, -0.1) is 0 Å². The largest absolute Gasteiger partial charge is 0.339 e. The topological polar surface area (TPSA) is 63.4 Å². The van der Waals surface area contributed by atoms with Crippen molar-refractivity contribution in [2.24, 2.45) is 0 Å². The summed E-state index contributed by atoms with van der Waals surface area (Å²) in [6, 6.07) is 3.28. The molecular weight excluding hydrogens is 263 g/mol. The first-order chi connectivity index (χ1) is 9.59. The Labute approximate surface area is 117 Å². The molecule has 2 rings (SSSR count). The van der Waals surface area contributed by atoms with Crippen molar-refractivity contribution in [2.75, 3.05) is 13.1 Å². The normalized spacial score (nSPS) is 14.2. The quantitative estimate of drug-likeness (QED) is 0.617. The predicted octanol–water partition coefficient (Wildman–Crippen LogP) is 3.39. The van der Waals surface area contributed by atoms with E-state index < -0.39 is 16.4 Å². The van der Waals surface area contributed by atoms with Gasteiger partial charge in [-0.25, -0.2) is 0 Å². The number of hydrogen-bond acceptors (Lipinski definition) is 3. The maximum Gasteiger partial charge on any atom is 0.304 e. The molecule has 0 saturated carbocycles. The van der Waals surface area contributed by atoms with Crippen LogP contribution in [-0.2, 0) is 0 Å². The summed E-state index contributed by atoms with van der Waals surface area (Å²) in [5.74, 6) is -1.23. The Kier molecular flexibility index (Phi) is 6.09. The monoisotopic (exact) mass is 282 g/mol. The Morgan fingerprint density at radius 2 is 1.85 bits per heavy atom. The average Bonchev–Trinajstić information content (AvgIpc) is 2.49. The highest BCUT2D eigenvalue weighted by Gasteiger charge is 2.21. The van der Waals surface area contributed by atoms with Gasteiger partial charge < -0.3 is 4.90 Å². The van der Waals surface area contributed by atoms with E-state index in [1.54, 1.807) is 4.90 Å². The van der Waals surface area contributed by atoms with Gasteiger partial charge in [0.15, 0.2) is 0 Å². The van der Waals surface area contributed by atoms with Crippen LogP contribution >= 0.6 is 0 Å². The highest BCUT2D eigenvalue weighted by molar-refractivity contribution is 5.94. The fraction of sp³-hybridized carbons (Fsp3) is 0.500. The third-order valence-corrected chi connectivity index (χ3v) is 3.03. The molecule has 0 spiro atoms. The van der Waals surface area contributed by atoms with Crippen molar-refractivity contribution in [2.45, 2.75) is 33.1 Å². The van der Waals surface area contributed by atoms with Gasteiger partial charge >= 0.3 is 5.69 Å². The summed E-state index contributed by atoms with van der Waals surface area (Å²) in [5, 5.41) is 10.5. The van der Waals surface area contributed by atoms with E-state index in [1.165, 1.54) is 6.07 Å². The lowest BCUT2D eigenvalue weighted by atomic mass is 10.1. The summed E-state index contributed by atoms with van der Waals surface area (Å²) in [4.78, 5) is 23.4. The lowest BCUT2D eigenvalue weighted by Gasteiger charge is -2.26. The van der Waals surface area contributed by atoms with Crippen LogP contribution in [0.5, 0.6) is 0 Å². The third kappa shape index (κ3) is 3.76. The van der Waals surface area contributed by atoms with Crippen LogP contribution in [0.15, 0.2) is 18.2 Å². The van der Waals surface area contributed by atoms with Crippen LogP contribution < -0.4 is 0 Å². The number of carbonyl (C=O) groups excluding carboxylic acids is 1. The molecule has 0 unspecified atom stereocenters. The van der Waals surface area contributed by atoms with E-state index in [9.17, 15) is 19.3 Å². The second kappa shape index (κ2) is 7.57. The van der Waals surface area contributed by atoms with Gasteiger partial charge in [0.25, 0.3) is 5.91 Å². The number of halogens is 1. The molecule has 110 valence electrons. The van der Waals surface area contributed by atoms with Gasteiger partial charge in [-0.05, 0) is 31.4 Å². The first-order valence-electron chi connectivity index (χ1n) is 6.83. The van der Waals surface area contributed by atoms with Gasteiger partial charge in [-0.2, -0.15) is 4.39 Å². The number of nitro groups is 1. The molecule has 5 nitrogen and oxygen atoms in total. The predicted molar refractivity (Wildman–Crippen MR) is 74.2 cm³/mol. The fourth-order valence-corrected chi connectivity index (χ4v) is 2.07. The maximum atomic E-state index is 13.4. The molecule has 0 atom stereocenters. The minimum atomic E-state index is -0.970. The number of amides is 1. The molecule has 1 amide bonds. The summed E-state index contributed by atoms with van der Waals surface area (Å²) >= 11 is 0. The number of rotatable bonds is 2. The molecule has 0 radical (unpaired) electrons. The first kappa shape index (κ1) is 16.1. The highest BCUT2D eigenvalue weighted by atomic mass is 19.1. The lowest BCUT2D eigenvalue weighted by molar-refractivity contribution is -0.387. The number of piperidine rings is 1.